The third kappa shape index (κ3) is 3.03. The number of likely N-dealkylation sites (N-methyl/N-ethyl adjacent to an activating group) is 1. The van der Waals surface area contributed by atoms with Gasteiger partial charge in [0.25, 0.3) is 0 Å². The van der Waals surface area contributed by atoms with Gasteiger partial charge in [-0.25, -0.2) is 0 Å². The molecule has 1 unspecified atom stereocenters. The summed E-state index contributed by atoms with van der Waals surface area (Å²) in [5.41, 5.74) is 2.71. The molecule has 0 bridgehead atoms. The topological polar surface area (TPSA) is 18.5 Å². The van der Waals surface area contributed by atoms with Crippen LogP contribution in [0, 0.1) is 0 Å². The van der Waals surface area contributed by atoms with Gasteiger partial charge in [-0.1, -0.05) is 19.1 Å². The van der Waals surface area contributed by atoms with E-state index in [4.69, 9.17) is 0 Å². The molecule has 2 rings (SSSR count). The van der Waals surface area contributed by atoms with Crippen molar-refractivity contribution in [3.63, 3.8) is 0 Å². The molecule has 100 valence electrons. The largest absolute Gasteiger partial charge is 0.369 e. The van der Waals surface area contributed by atoms with Crippen molar-refractivity contribution in [1.29, 1.82) is 0 Å². The molecule has 0 amide bonds. The first-order valence-corrected chi connectivity index (χ1v) is 6.97. The Morgan fingerprint density at radius 3 is 2.50 bits per heavy atom. The van der Waals surface area contributed by atoms with Crippen LogP contribution in [0.4, 0.5) is 5.69 Å². The summed E-state index contributed by atoms with van der Waals surface area (Å²) in [4.78, 5) is 5.05. The minimum Gasteiger partial charge on any atom is -0.369 e. The van der Waals surface area contributed by atoms with E-state index >= 15 is 0 Å². The first kappa shape index (κ1) is 13.4. The summed E-state index contributed by atoms with van der Waals surface area (Å²) in [5, 5.41) is 3.18. The first-order chi connectivity index (χ1) is 8.74. The van der Waals surface area contributed by atoms with Gasteiger partial charge in [0.1, 0.15) is 0 Å². The van der Waals surface area contributed by atoms with Crippen LogP contribution in [0.2, 0.25) is 0 Å². The second-order valence-corrected chi connectivity index (χ2v) is 5.12. The fraction of sp³-hybridized carbons (Fsp3) is 0.600. The van der Waals surface area contributed by atoms with E-state index in [2.05, 4.69) is 53.2 Å². The van der Waals surface area contributed by atoms with Crippen molar-refractivity contribution >= 4 is 5.69 Å². The van der Waals surface area contributed by atoms with E-state index in [1.165, 1.54) is 17.8 Å². The minimum absolute atomic E-state index is 0.653. The molecule has 1 aliphatic heterocycles. The molecule has 0 saturated carbocycles. The number of nitrogens with one attached hydrogen (secondary N) is 1. The molecule has 1 aromatic carbocycles. The Labute approximate surface area is 111 Å². The standard InChI is InChI=1S/C15H25N3/c1-4-17-9-10-18(12-13(17)2)15-7-5-14(6-8-15)11-16-3/h5-8,13,16H,4,9-12H2,1-3H3. The van der Waals surface area contributed by atoms with Gasteiger partial charge in [-0.15, -0.1) is 0 Å². The molecule has 1 aliphatic rings. The van der Waals surface area contributed by atoms with Crippen molar-refractivity contribution in [2.24, 2.45) is 0 Å². The van der Waals surface area contributed by atoms with Crippen LogP contribution >= 0.6 is 0 Å². The monoisotopic (exact) mass is 247 g/mol. The van der Waals surface area contributed by atoms with E-state index in [9.17, 15) is 0 Å². The van der Waals surface area contributed by atoms with E-state index in [-0.39, 0.29) is 0 Å². The third-order valence-corrected chi connectivity index (χ3v) is 3.85. The average Bonchev–Trinajstić information content (AvgIpc) is 2.40. The van der Waals surface area contributed by atoms with Gasteiger partial charge in [0.2, 0.25) is 0 Å². The second kappa shape index (κ2) is 6.21. The van der Waals surface area contributed by atoms with Crippen molar-refractivity contribution in [1.82, 2.24) is 10.2 Å². The molecule has 3 nitrogen and oxygen atoms in total. The van der Waals surface area contributed by atoms with Crippen LogP contribution in [0.1, 0.15) is 19.4 Å². The Hall–Kier alpha value is -1.06. The first-order valence-electron chi connectivity index (χ1n) is 6.97. The molecule has 1 atom stereocenters. The molecule has 1 fully saturated rings. The Bertz CT molecular complexity index is 361. The van der Waals surface area contributed by atoms with Gasteiger partial charge in [-0.2, -0.15) is 0 Å². The highest BCUT2D eigenvalue weighted by molar-refractivity contribution is 5.48. The number of piperazine rings is 1. The van der Waals surface area contributed by atoms with E-state index < -0.39 is 0 Å². The lowest BCUT2D eigenvalue weighted by Crippen LogP contribution is -2.51. The number of rotatable bonds is 4. The lowest BCUT2D eigenvalue weighted by molar-refractivity contribution is 0.199. The summed E-state index contributed by atoms with van der Waals surface area (Å²) in [6.45, 7) is 10.1. The predicted molar refractivity (Wildman–Crippen MR) is 78.1 cm³/mol. The highest BCUT2D eigenvalue weighted by Gasteiger charge is 2.22. The zero-order valence-corrected chi connectivity index (χ0v) is 11.8. The maximum absolute atomic E-state index is 3.18. The fourth-order valence-electron chi connectivity index (χ4n) is 2.73. The predicted octanol–water partition coefficient (Wildman–Crippen LogP) is 1.94. The molecule has 0 aromatic heterocycles. The fourth-order valence-corrected chi connectivity index (χ4v) is 2.73. The van der Waals surface area contributed by atoms with Crippen molar-refractivity contribution < 1.29 is 0 Å². The number of hydrogen-bond acceptors (Lipinski definition) is 3. The molecule has 1 N–H and O–H groups in total. The SMILES string of the molecule is CCN1CCN(c2ccc(CNC)cc2)CC1C. The molecule has 0 radical (unpaired) electrons. The molecule has 1 saturated heterocycles. The van der Waals surface area contributed by atoms with Gasteiger partial charge in [-0.05, 0) is 38.2 Å². The molecule has 1 aromatic rings. The summed E-state index contributed by atoms with van der Waals surface area (Å²) >= 11 is 0. The van der Waals surface area contributed by atoms with Gasteiger partial charge < -0.3 is 10.2 Å². The van der Waals surface area contributed by atoms with E-state index in [1.54, 1.807) is 0 Å². The molecule has 1 heterocycles. The normalized spacial score (nSPS) is 21.3. The van der Waals surface area contributed by atoms with Gasteiger partial charge in [0.05, 0.1) is 0 Å². The van der Waals surface area contributed by atoms with Crippen molar-refractivity contribution in [3.05, 3.63) is 29.8 Å². The zero-order valence-electron chi connectivity index (χ0n) is 11.8. The summed E-state index contributed by atoms with van der Waals surface area (Å²) < 4.78 is 0. The quantitative estimate of drug-likeness (QED) is 0.877. The van der Waals surface area contributed by atoms with Crippen LogP contribution in [0.3, 0.4) is 0 Å². The van der Waals surface area contributed by atoms with Crippen LogP contribution in [-0.2, 0) is 6.54 Å². The highest BCUT2D eigenvalue weighted by atomic mass is 15.3. The molecular weight excluding hydrogens is 222 g/mol. The maximum Gasteiger partial charge on any atom is 0.0367 e. The van der Waals surface area contributed by atoms with Gasteiger partial charge >= 0.3 is 0 Å². The Morgan fingerprint density at radius 2 is 1.94 bits per heavy atom. The van der Waals surface area contributed by atoms with Crippen molar-refractivity contribution in [2.75, 3.05) is 38.1 Å². The Balaban J connectivity index is 1.99. The van der Waals surface area contributed by atoms with E-state index in [1.807, 2.05) is 7.05 Å². The van der Waals surface area contributed by atoms with E-state index in [0.29, 0.717) is 6.04 Å². The summed E-state index contributed by atoms with van der Waals surface area (Å²) in [5.74, 6) is 0. The molecule has 3 heteroatoms. The highest BCUT2D eigenvalue weighted by Crippen LogP contribution is 2.19. The summed E-state index contributed by atoms with van der Waals surface area (Å²) in [6.07, 6.45) is 0. The van der Waals surface area contributed by atoms with Crippen LogP contribution in [0.15, 0.2) is 24.3 Å². The molecular formula is C15H25N3. The second-order valence-electron chi connectivity index (χ2n) is 5.12. The van der Waals surface area contributed by atoms with Crippen molar-refractivity contribution in [2.45, 2.75) is 26.4 Å². The van der Waals surface area contributed by atoms with E-state index in [0.717, 1.165) is 26.2 Å². The van der Waals surface area contributed by atoms with Gasteiger partial charge in [0, 0.05) is 37.9 Å². The number of hydrogen-bond donors (Lipinski definition) is 1. The molecule has 0 spiro atoms. The Morgan fingerprint density at radius 1 is 1.22 bits per heavy atom. The maximum atomic E-state index is 3.18. The number of nitrogens with zero attached hydrogens (tertiary/aromatic N) is 2. The van der Waals surface area contributed by atoms with Crippen LogP contribution < -0.4 is 10.2 Å². The zero-order chi connectivity index (χ0) is 13.0. The van der Waals surface area contributed by atoms with Crippen molar-refractivity contribution in [3.8, 4) is 0 Å². The number of anilines is 1. The Kier molecular flexibility index (Phi) is 4.61. The van der Waals surface area contributed by atoms with Gasteiger partial charge in [-0.3, -0.25) is 4.90 Å². The number of benzene rings is 1. The average molecular weight is 247 g/mol. The summed E-state index contributed by atoms with van der Waals surface area (Å²) in [7, 11) is 1.99. The van der Waals surface area contributed by atoms with Gasteiger partial charge in [0.15, 0.2) is 0 Å². The van der Waals surface area contributed by atoms with Crippen LogP contribution in [0.5, 0.6) is 0 Å². The third-order valence-electron chi connectivity index (χ3n) is 3.85. The summed E-state index contributed by atoms with van der Waals surface area (Å²) in [6, 6.07) is 9.61. The lowest BCUT2D eigenvalue weighted by Gasteiger charge is -2.40. The van der Waals surface area contributed by atoms with Crippen LogP contribution in [0.25, 0.3) is 0 Å². The smallest absolute Gasteiger partial charge is 0.0367 e. The van der Waals surface area contributed by atoms with Crippen LogP contribution in [-0.4, -0.2) is 44.2 Å². The molecule has 0 aliphatic carbocycles. The molecule has 18 heavy (non-hydrogen) atoms. The minimum atomic E-state index is 0.653. The lowest BCUT2D eigenvalue weighted by atomic mass is 10.1.